The van der Waals surface area contributed by atoms with Crippen LogP contribution in [0.4, 0.5) is 0 Å². The quantitative estimate of drug-likeness (QED) is 0.737. The first-order valence-corrected chi connectivity index (χ1v) is 6.28. The van der Waals surface area contributed by atoms with Gasteiger partial charge in [0.2, 0.25) is 5.91 Å². The molecule has 0 radical (unpaired) electrons. The van der Waals surface area contributed by atoms with E-state index in [1.54, 1.807) is 0 Å². The molecule has 1 aromatic heterocycles. The number of aromatic nitrogens is 3. The summed E-state index contributed by atoms with van der Waals surface area (Å²) in [5.41, 5.74) is 2.65. The zero-order valence-electron chi connectivity index (χ0n) is 10.3. The largest absolute Gasteiger partial charge is 0.344 e. The molecule has 0 aliphatic carbocycles. The lowest BCUT2D eigenvalue weighted by Gasteiger charge is -2.11. The smallest absolute Gasteiger partial charge is 0.267 e. The van der Waals surface area contributed by atoms with E-state index in [1.165, 1.54) is 0 Å². The molecule has 0 saturated heterocycles. The zero-order valence-corrected chi connectivity index (χ0v) is 10.3. The van der Waals surface area contributed by atoms with Gasteiger partial charge in [0.15, 0.2) is 5.82 Å². The molecule has 2 N–H and O–H groups in total. The fraction of sp³-hybridized carbons (Fsp3) is 0.545. The van der Waals surface area contributed by atoms with Crippen LogP contribution in [-0.4, -0.2) is 32.3 Å². The summed E-state index contributed by atoms with van der Waals surface area (Å²) in [6.07, 6.45) is 2.69. The van der Waals surface area contributed by atoms with E-state index in [4.69, 9.17) is 0 Å². The van der Waals surface area contributed by atoms with E-state index in [2.05, 4.69) is 26.0 Å². The van der Waals surface area contributed by atoms with Gasteiger partial charge in [0, 0.05) is 25.8 Å². The van der Waals surface area contributed by atoms with Gasteiger partial charge in [-0.1, -0.05) is 0 Å². The first kappa shape index (κ1) is 11.8. The summed E-state index contributed by atoms with van der Waals surface area (Å²) < 4.78 is 2.03. The molecule has 0 fully saturated rings. The van der Waals surface area contributed by atoms with Gasteiger partial charge in [-0.2, -0.15) is 5.10 Å². The standard InChI is InChI=1S/C11H14N6O2/c18-10-4-3-7(13-16-10)11(19)12-6-9-15-14-8-2-1-5-17(8)9/h1-6H2,(H,12,19)(H,16,18). The molecular weight excluding hydrogens is 248 g/mol. The Morgan fingerprint density at radius 2 is 2.21 bits per heavy atom. The molecule has 0 unspecified atom stereocenters. The van der Waals surface area contributed by atoms with Crippen LogP contribution in [0.1, 0.15) is 30.9 Å². The van der Waals surface area contributed by atoms with E-state index in [1.807, 2.05) is 4.57 Å². The number of nitrogens with one attached hydrogen (secondary N) is 2. The number of aryl methyl sites for hydroxylation is 1. The second-order valence-corrected chi connectivity index (χ2v) is 4.56. The van der Waals surface area contributed by atoms with Crippen molar-refractivity contribution in [3.63, 3.8) is 0 Å². The molecule has 3 heterocycles. The van der Waals surface area contributed by atoms with Crippen LogP contribution in [0, 0.1) is 0 Å². The molecule has 100 valence electrons. The van der Waals surface area contributed by atoms with E-state index in [0.29, 0.717) is 25.1 Å². The fourth-order valence-corrected chi connectivity index (χ4v) is 2.24. The number of nitrogens with zero attached hydrogens (tertiary/aromatic N) is 4. The minimum absolute atomic E-state index is 0.160. The molecule has 2 aliphatic heterocycles. The van der Waals surface area contributed by atoms with Crippen molar-refractivity contribution in [1.29, 1.82) is 0 Å². The minimum Gasteiger partial charge on any atom is -0.344 e. The van der Waals surface area contributed by atoms with Crippen LogP contribution in [-0.2, 0) is 29.1 Å². The third-order valence-electron chi connectivity index (χ3n) is 3.26. The van der Waals surface area contributed by atoms with Crippen LogP contribution in [0.15, 0.2) is 5.10 Å². The SMILES string of the molecule is O=C1CCC(C(=O)NCc2nnc3n2CCC3)=NN1. The maximum atomic E-state index is 11.8. The predicted octanol–water partition coefficient (Wildman–Crippen LogP) is -0.893. The van der Waals surface area contributed by atoms with Crippen LogP contribution in [0.5, 0.6) is 0 Å². The highest BCUT2D eigenvalue weighted by Crippen LogP contribution is 2.13. The molecule has 19 heavy (non-hydrogen) atoms. The van der Waals surface area contributed by atoms with Gasteiger partial charge in [-0.25, -0.2) is 5.43 Å². The van der Waals surface area contributed by atoms with Crippen molar-refractivity contribution in [2.45, 2.75) is 38.8 Å². The Morgan fingerprint density at radius 1 is 1.32 bits per heavy atom. The number of carbonyl (C=O) groups excluding carboxylic acids is 2. The Morgan fingerprint density at radius 3 is 3.00 bits per heavy atom. The van der Waals surface area contributed by atoms with Crippen molar-refractivity contribution < 1.29 is 9.59 Å². The van der Waals surface area contributed by atoms with Gasteiger partial charge in [0.05, 0.1) is 6.54 Å². The van der Waals surface area contributed by atoms with Crippen LogP contribution >= 0.6 is 0 Å². The number of amides is 2. The second kappa shape index (κ2) is 4.79. The predicted molar refractivity (Wildman–Crippen MR) is 65.0 cm³/mol. The summed E-state index contributed by atoms with van der Waals surface area (Å²) in [4.78, 5) is 22.8. The average Bonchev–Trinajstić information content (AvgIpc) is 3.00. The molecule has 2 aliphatic rings. The number of carbonyl (C=O) groups is 2. The Hall–Kier alpha value is -2.25. The highest BCUT2D eigenvalue weighted by atomic mass is 16.2. The third-order valence-corrected chi connectivity index (χ3v) is 3.26. The topological polar surface area (TPSA) is 101 Å². The van der Waals surface area contributed by atoms with Crippen LogP contribution < -0.4 is 10.7 Å². The number of fused-ring (bicyclic) bond motifs is 1. The molecule has 2 amide bonds. The molecule has 1 aromatic rings. The zero-order chi connectivity index (χ0) is 13.2. The Balaban J connectivity index is 1.60. The van der Waals surface area contributed by atoms with Crippen molar-refractivity contribution in [2.75, 3.05) is 0 Å². The number of rotatable bonds is 3. The highest BCUT2D eigenvalue weighted by Gasteiger charge is 2.20. The van der Waals surface area contributed by atoms with Crippen molar-refractivity contribution in [1.82, 2.24) is 25.5 Å². The summed E-state index contributed by atoms with van der Waals surface area (Å²) in [5, 5.41) is 14.6. The van der Waals surface area contributed by atoms with Gasteiger partial charge >= 0.3 is 0 Å². The second-order valence-electron chi connectivity index (χ2n) is 4.56. The van der Waals surface area contributed by atoms with E-state index < -0.39 is 0 Å². The van der Waals surface area contributed by atoms with Gasteiger partial charge in [-0.15, -0.1) is 10.2 Å². The van der Waals surface area contributed by atoms with Gasteiger partial charge < -0.3 is 9.88 Å². The first-order chi connectivity index (χ1) is 9.24. The lowest BCUT2D eigenvalue weighted by Crippen LogP contribution is -2.37. The lowest BCUT2D eigenvalue weighted by atomic mass is 10.1. The number of hydrogen-bond donors (Lipinski definition) is 2. The third kappa shape index (κ3) is 2.33. The van der Waals surface area contributed by atoms with Crippen molar-refractivity contribution >= 4 is 17.5 Å². The molecule has 0 saturated carbocycles. The van der Waals surface area contributed by atoms with Crippen molar-refractivity contribution in [2.24, 2.45) is 5.10 Å². The molecule has 0 atom stereocenters. The van der Waals surface area contributed by atoms with E-state index in [9.17, 15) is 9.59 Å². The van der Waals surface area contributed by atoms with Crippen molar-refractivity contribution in [3.8, 4) is 0 Å². The number of hydrazone groups is 1. The molecule has 3 rings (SSSR count). The van der Waals surface area contributed by atoms with Crippen LogP contribution in [0.25, 0.3) is 0 Å². The fourth-order valence-electron chi connectivity index (χ4n) is 2.24. The summed E-state index contributed by atoms with van der Waals surface area (Å²) >= 11 is 0. The maximum Gasteiger partial charge on any atom is 0.267 e. The van der Waals surface area contributed by atoms with E-state index in [0.717, 1.165) is 31.0 Å². The van der Waals surface area contributed by atoms with E-state index in [-0.39, 0.29) is 11.8 Å². The monoisotopic (exact) mass is 262 g/mol. The van der Waals surface area contributed by atoms with Gasteiger partial charge in [0.25, 0.3) is 5.91 Å². The van der Waals surface area contributed by atoms with Gasteiger partial charge in [-0.05, 0) is 6.42 Å². The summed E-state index contributed by atoms with van der Waals surface area (Å²) in [7, 11) is 0. The van der Waals surface area contributed by atoms with E-state index >= 15 is 0 Å². The molecule has 8 heteroatoms. The Kier molecular flexibility index (Phi) is 2.98. The minimum atomic E-state index is -0.268. The van der Waals surface area contributed by atoms with Gasteiger partial charge in [0.1, 0.15) is 11.5 Å². The maximum absolute atomic E-state index is 11.8. The lowest BCUT2D eigenvalue weighted by molar-refractivity contribution is -0.121. The summed E-state index contributed by atoms with van der Waals surface area (Å²) in [6.45, 7) is 1.24. The summed E-state index contributed by atoms with van der Waals surface area (Å²) in [5.74, 6) is 1.31. The normalized spacial score (nSPS) is 17.7. The van der Waals surface area contributed by atoms with Gasteiger partial charge in [-0.3, -0.25) is 9.59 Å². The van der Waals surface area contributed by atoms with Crippen LogP contribution in [0.2, 0.25) is 0 Å². The van der Waals surface area contributed by atoms with Crippen LogP contribution in [0.3, 0.4) is 0 Å². The molecule has 8 nitrogen and oxygen atoms in total. The Labute approximate surface area is 109 Å². The molecule has 0 bridgehead atoms. The molecular formula is C11H14N6O2. The first-order valence-electron chi connectivity index (χ1n) is 6.28. The number of hydrogen-bond acceptors (Lipinski definition) is 5. The molecule has 0 aromatic carbocycles. The summed E-state index contributed by atoms with van der Waals surface area (Å²) in [6, 6.07) is 0. The Bertz CT molecular complexity index is 562. The molecule has 0 spiro atoms. The van der Waals surface area contributed by atoms with Crippen molar-refractivity contribution in [3.05, 3.63) is 11.6 Å². The average molecular weight is 262 g/mol. The highest BCUT2D eigenvalue weighted by molar-refractivity contribution is 6.39.